The van der Waals surface area contributed by atoms with Gasteiger partial charge in [0.2, 0.25) is 0 Å². The molecule has 0 aliphatic carbocycles. The summed E-state index contributed by atoms with van der Waals surface area (Å²) in [5.41, 5.74) is 0. The van der Waals surface area contributed by atoms with Gasteiger partial charge in [0.1, 0.15) is 0 Å². The van der Waals surface area contributed by atoms with E-state index >= 15 is 0 Å². The Bertz CT molecular complexity index is 66.6. The molecule has 0 N–H and O–H groups in total. The summed E-state index contributed by atoms with van der Waals surface area (Å²) in [6.45, 7) is 2.26. The molecule has 0 aromatic rings. The maximum absolute atomic E-state index is 3.60. The lowest BCUT2D eigenvalue weighted by Gasteiger charge is -1.97. The van der Waals surface area contributed by atoms with Crippen LogP contribution in [-0.4, -0.2) is 10.5 Å². The Morgan fingerprint density at radius 1 is 1.00 bits per heavy atom. The van der Waals surface area contributed by atoms with Gasteiger partial charge < -0.3 is 0 Å². The van der Waals surface area contributed by atoms with Crippen LogP contribution in [0.5, 0.6) is 0 Å². The summed E-state index contributed by atoms with van der Waals surface area (Å²) in [4.78, 5) is 0. The first-order valence-electron chi connectivity index (χ1n) is 4.05. The van der Waals surface area contributed by atoms with E-state index in [1.54, 1.807) is 0 Å². The number of halogens is 2. The van der Waals surface area contributed by atoms with Gasteiger partial charge in [-0.3, -0.25) is 0 Å². The summed E-state index contributed by atoms with van der Waals surface area (Å²) in [5, 5.41) is 1.39. The first-order valence-corrected chi connectivity index (χ1v) is 11.2. The van der Waals surface area contributed by atoms with Crippen LogP contribution in [0, 0.1) is 0 Å². The van der Waals surface area contributed by atoms with Crippen molar-refractivity contribution in [3.05, 3.63) is 0 Å². The normalized spacial score (nSPS) is 9.90. The van der Waals surface area contributed by atoms with Crippen molar-refractivity contribution in [1.29, 1.82) is 0 Å². The van der Waals surface area contributed by atoms with Crippen LogP contribution in [0.1, 0.15) is 39.0 Å². The summed E-state index contributed by atoms with van der Waals surface area (Å²) < 4.78 is 0. The lowest BCUT2D eigenvalue weighted by Crippen LogP contribution is -1.89. The van der Waals surface area contributed by atoms with E-state index in [1.165, 1.54) is 37.4 Å². The highest BCUT2D eigenvalue weighted by atomic mass is 79.9. The molecule has 0 fully saturated rings. The second-order valence-corrected chi connectivity index (χ2v) is 14.3. The van der Waals surface area contributed by atoms with Gasteiger partial charge >= 0.3 is 10.5 Å². The average Bonchev–Trinajstić information content (AvgIpc) is 1.87. The molecule has 0 radical (unpaired) electrons. The Balaban J connectivity index is 2.77. The van der Waals surface area contributed by atoms with E-state index in [-0.39, 0.29) is 0 Å². The third-order valence-electron chi connectivity index (χ3n) is 1.53. The summed E-state index contributed by atoms with van der Waals surface area (Å²) in [5.74, 6) is 0. The van der Waals surface area contributed by atoms with Gasteiger partial charge in [-0.15, -0.1) is 0 Å². The number of unbranched alkanes of at least 4 members (excludes halogenated alkanes) is 4. The third-order valence-corrected chi connectivity index (χ3v) is 5.12. The number of hydrogen-bond acceptors (Lipinski definition) is 0. The van der Waals surface area contributed by atoms with Gasteiger partial charge in [0.15, 0.2) is 0 Å². The average molecular weight is 286 g/mol. The molecule has 60 valence electrons. The molecule has 0 nitrogen and oxygen atoms in total. The maximum Gasteiger partial charge on any atom is 0.456 e. The van der Waals surface area contributed by atoms with E-state index < -0.39 is 10.5 Å². The van der Waals surface area contributed by atoms with E-state index in [0.717, 1.165) is 0 Å². The summed E-state index contributed by atoms with van der Waals surface area (Å²) in [7, 11) is -0.597. The Hall–Kier alpha value is 1.49. The quantitative estimate of drug-likeness (QED) is 0.506. The predicted molar refractivity (Wildman–Crippen MR) is 57.2 cm³/mol. The fourth-order valence-corrected chi connectivity index (χ4v) is 3.44. The summed E-state index contributed by atoms with van der Waals surface area (Å²) in [6.07, 6.45) is 7.03. The topological polar surface area (TPSA) is 0 Å². The predicted octanol–water partition coefficient (Wildman–Crippen LogP) is 4.23. The zero-order valence-corrected chi connectivity index (χ0v) is 10.9. The van der Waals surface area contributed by atoms with Crippen molar-refractivity contribution in [2.75, 3.05) is 0 Å². The minimum atomic E-state index is -0.597. The molecule has 0 spiro atoms. The molecule has 0 bridgehead atoms. The van der Waals surface area contributed by atoms with Crippen LogP contribution in [0.25, 0.3) is 0 Å². The number of hydrogen-bond donors (Lipinski definition) is 0. The lowest BCUT2D eigenvalue weighted by molar-refractivity contribution is 0.656. The summed E-state index contributed by atoms with van der Waals surface area (Å²) >= 11 is 7.20. The van der Waals surface area contributed by atoms with Crippen LogP contribution in [0.3, 0.4) is 0 Å². The molecule has 0 heterocycles. The van der Waals surface area contributed by atoms with Crippen LogP contribution in [0.15, 0.2) is 0 Å². The Labute approximate surface area is 82.5 Å². The first-order chi connectivity index (χ1) is 4.77. The minimum absolute atomic E-state index is 0.597. The van der Waals surface area contributed by atoms with E-state index in [2.05, 4.69) is 35.0 Å². The second kappa shape index (κ2) is 8.59. The van der Waals surface area contributed by atoms with E-state index in [4.69, 9.17) is 0 Å². The second-order valence-electron chi connectivity index (χ2n) is 2.59. The Kier molecular flexibility index (Phi) is 9.87. The van der Waals surface area contributed by atoms with Crippen LogP contribution in [0.4, 0.5) is 0 Å². The molecule has 0 rings (SSSR count). The molecule has 0 aliphatic heterocycles. The van der Waals surface area contributed by atoms with Gasteiger partial charge in [-0.05, 0) is 0 Å². The molecule has 0 unspecified atom stereocenters. The standard InChI is InChI=1S/C7H15.Al.2BrH/c1-3-5-7-6-4-2;;;/h1,3-7H2,2H3;;2*1H/q;+2;;/p-2. The van der Waals surface area contributed by atoms with Crippen LogP contribution in [0.2, 0.25) is 5.28 Å². The Morgan fingerprint density at radius 2 is 1.60 bits per heavy atom. The number of rotatable bonds is 6. The zero-order valence-electron chi connectivity index (χ0n) is 6.58. The van der Waals surface area contributed by atoms with Crippen molar-refractivity contribution >= 4 is 38.6 Å². The molecule has 0 atom stereocenters. The van der Waals surface area contributed by atoms with E-state index in [0.29, 0.717) is 0 Å². The minimum Gasteiger partial charge on any atom is -0.197 e. The van der Waals surface area contributed by atoms with Gasteiger partial charge in [0.25, 0.3) is 0 Å². The van der Waals surface area contributed by atoms with Crippen molar-refractivity contribution in [2.24, 2.45) is 0 Å². The monoisotopic (exact) mass is 284 g/mol. The van der Waals surface area contributed by atoms with Crippen molar-refractivity contribution in [3.8, 4) is 0 Å². The first kappa shape index (κ1) is 11.5. The van der Waals surface area contributed by atoms with Crippen LogP contribution >= 0.6 is 28.1 Å². The molecule has 0 aromatic heterocycles. The van der Waals surface area contributed by atoms with Crippen molar-refractivity contribution in [3.63, 3.8) is 0 Å². The van der Waals surface area contributed by atoms with Gasteiger partial charge in [-0.25, -0.2) is 0 Å². The lowest BCUT2D eigenvalue weighted by atomic mass is 10.2. The molecule has 0 amide bonds. The van der Waals surface area contributed by atoms with Crippen LogP contribution < -0.4 is 0 Å². The van der Waals surface area contributed by atoms with Gasteiger partial charge in [-0.2, -0.15) is 28.1 Å². The molecule has 3 heteroatoms. The maximum atomic E-state index is 3.60. The highest BCUT2D eigenvalue weighted by molar-refractivity contribution is 9.49. The van der Waals surface area contributed by atoms with Crippen LogP contribution in [-0.2, 0) is 0 Å². The van der Waals surface area contributed by atoms with Crippen molar-refractivity contribution < 1.29 is 0 Å². The highest BCUT2D eigenvalue weighted by Gasteiger charge is 2.06. The molecule has 0 aliphatic rings. The van der Waals surface area contributed by atoms with Gasteiger partial charge in [-0.1, -0.05) is 44.3 Å². The smallest absolute Gasteiger partial charge is 0.197 e. The van der Waals surface area contributed by atoms with Gasteiger partial charge in [0.05, 0.1) is 0 Å². The van der Waals surface area contributed by atoms with Gasteiger partial charge in [0, 0.05) is 0 Å². The molecule has 0 aromatic carbocycles. The Morgan fingerprint density at radius 3 is 2.10 bits per heavy atom. The molecular formula is C7H15AlBr2. The van der Waals surface area contributed by atoms with Crippen molar-refractivity contribution in [2.45, 2.75) is 44.3 Å². The molecular weight excluding hydrogens is 271 g/mol. The molecule has 10 heavy (non-hydrogen) atoms. The highest BCUT2D eigenvalue weighted by Crippen LogP contribution is 2.14. The molecule has 0 saturated heterocycles. The third kappa shape index (κ3) is 9.49. The zero-order chi connectivity index (χ0) is 7.82. The van der Waals surface area contributed by atoms with E-state index in [9.17, 15) is 0 Å². The fraction of sp³-hybridized carbons (Fsp3) is 1.00. The fourth-order valence-electron chi connectivity index (χ4n) is 0.902. The largest absolute Gasteiger partial charge is 0.456 e. The summed E-state index contributed by atoms with van der Waals surface area (Å²) in [6, 6.07) is 0. The van der Waals surface area contributed by atoms with Crippen molar-refractivity contribution in [1.82, 2.24) is 0 Å². The SMILES string of the molecule is CCCCCC[CH2][Al]([Br])[Br]. The van der Waals surface area contributed by atoms with E-state index in [1.807, 2.05) is 0 Å². The molecule has 0 saturated carbocycles.